The lowest BCUT2D eigenvalue weighted by Crippen LogP contribution is -2.37. The van der Waals surface area contributed by atoms with E-state index in [0.717, 1.165) is 42.8 Å². The monoisotopic (exact) mass is 351 g/mol. The van der Waals surface area contributed by atoms with E-state index in [9.17, 15) is 4.39 Å². The van der Waals surface area contributed by atoms with Crippen molar-refractivity contribution < 1.29 is 9.13 Å². The first-order valence-electron chi connectivity index (χ1n) is 9.17. The predicted molar refractivity (Wildman–Crippen MR) is 104 cm³/mol. The van der Waals surface area contributed by atoms with E-state index in [1.54, 1.807) is 12.1 Å². The number of para-hydroxylation sites is 1. The first-order valence-corrected chi connectivity index (χ1v) is 9.17. The van der Waals surface area contributed by atoms with E-state index >= 15 is 0 Å². The van der Waals surface area contributed by atoms with Gasteiger partial charge in [-0.2, -0.15) is 0 Å². The Morgan fingerprint density at radius 2 is 2.00 bits per heavy atom. The van der Waals surface area contributed by atoms with Crippen LogP contribution in [0.15, 0.2) is 42.6 Å². The van der Waals surface area contributed by atoms with Crippen LogP contribution in [0.2, 0.25) is 0 Å². The van der Waals surface area contributed by atoms with Gasteiger partial charge in [0.25, 0.3) is 0 Å². The average molecular weight is 351 g/mol. The number of aromatic amines is 1. The molecular weight excluding hydrogens is 327 g/mol. The van der Waals surface area contributed by atoms with E-state index in [-0.39, 0.29) is 11.7 Å². The van der Waals surface area contributed by atoms with E-state index in [1.165, 1.54) is 22.9 Å². The van der Waals surface area contributed by atoms with Crippen molar-refractivity contribution in [3.8, 4) is 0 Å². The van der Waals surface area contributed by atoms with Gasteiger partial charge in [0.1, 0.15) is 5.82 Å². The number of aryl methyl sites for hydroxylation is 1. The molecule has 3 nitrogen and oxygen atoms in total. The minimum absolute atomic E-state index is 0.114. The second-order valence-electron chi connectivity index (χ2n) is 6.89. The minimum Gasteiger partial charge on any atom is -0.378 e. The molecule has 1 N–H and O–H groups in total. The number of hydrogen-bond acceptors (Lipinski definition) is 2. The highest BCUT2D eigenvalue weighted by molar-refractivity contribution is 5.84. The summed E-state index contributed by atoms with van der Waals surface area (Å²) in [5.74, 6) is -0.0953. The van der Waals surface area contributed by atoms with Crippen molar-refractivity contribution >= 4 is 16.6 Å². The molecule has 0 bridgehead atoms. The zero-order valence-corrected chi connectivity index (χ0v) is 15.1. The summed E-state index contributed by atoms with van der Waals surface area (Å²) in [6.07, 6.45) is 2.72. The third-order valence-corrected chi connectivity index (χ3v) is 5.31. The van der Waals surface area contributed by atoms with Crippen LogP contribution in [-0.4, -0.2) is 31.3 Å². The summed E-state index contributed by atoms with van der Waals surface area (Å²) in [5.41, 5.74) is 5.85. The largest absolute Gasteiger partial charge is 0.378 e. The van der Waals surface area contributed by atoms with Crippen LogP contribution >= 0.6 is 0 Å². The summed E-state index contributed by atoms with van der Waals surface area (Å²) in [6.45, 7) is 9.66. The smallest absolute Gasteiger partial charge is 0.123 e. The molecule has 0 aliphatic carbocycles. The molecule has 2 heterocycles. The molecule has 1 aromatic heterocycles. The molecule has 4 heteroatoms. The van der Waals surface area contributed by atoms with Gasteiger partial charge in [0.05, 0.1) is 13.2 Å². The third-order valence-electron chi connectivity index (χ3n) is 5.31. The van der Waals surface area contributed by atoms with Crippen LogP contribution in [0.4, 0.5) is 10.1 Å². The van der Waals surface area contributed by atoms with Crippen molar-refractivity contribution in [2.24, 2.45) is 0 Å². The SMILES string of the molecule is [CH2]CC(c1cccc(C)c1N1CCOCC1)c1c[nH]c2ccc(F)cc12. The molecule has 1 atom stereocenters. The van der Waals surface area contributed by atoms with Crippen LogP contribution in [0, 0.1) is 19.7 Å². The van der Waals surface area contributed by atoms with Gasteiger partial charge < -0.3 is 14.6 Å². The summed E-state index contributed by atoms with van der Waals surface area (Å²) in [6, 6.07) is 11.4. The van der Waals surface area contributed by atoms with Crippen LogP contribution in [-0.2, 0) is 4.74 Å². The van der Waals surface area contributed by atoms with Crippen molar-refractivity contribution in [2.75, 3.05) is 31.2 Å². The van der Waals surface area contributed by atoms with Gasteiger partial charge in [-0.3, -0.25) is 0 Å². The summed E-state index contributed by atoms with van der Waals surface area (Å²) in [5, 5.41) is 0.938. The standard InChI is InChI=1S/C22H24FN2O/c1-3-17(20-14-24-21-8-7-16(23)13-19(20)21)18-6-4-5-15(2)22(18)25-9-11-26-12-10-25/h4-8,13-14,17,24H,1,3,9-12H2,2H3. The minimum atomic E-state index is -0.209. The Balaban J connectivity index is 1.84. The number of fused-ring (bicyclic) bond motifs is 1. The van der Waals surface area contributed by atoms with Gasteiger partial charge in [0, 0.05) is 41.8 Å². The van der Waals surface area contributed by atoms with Crippen molar-refractivity contribution in [1.29, 1.82) is 0 Å². The Labute approximate surface area is 153 Å². The number of H-pyrrole nitrogens is 1. The highest BCUT2D eigenvalue weighted by Crippen LogP contribution is 2.39. The zero-order chi connectivity index (χ0) is 18.1. The molecular formula is C22H24FN2O. The van der Waals surface area contributed by atoms with Crippen LogP contribution in [0.25, 0.3) is 10.9 Å². The molecule has 3 aromatic rings. The predicted octanol–water partition coefficient (Wildman–Crippen LogP) is 4.81. The normalized spacial score (nSPS) is 16.2. The molecule has 1 saturated heterocycles. The molecule has 2 aromatic carbocycles. The van der Waals surface area contributed by atoms with Crippen LogP contribution in [0.3, 0.4) is 0 Å². The number of hydrogen-bond donors (Lipinski definition) is 1. The summed E-state index contributed by atoms with van der Waals surface area (Å²) >= 11 is 0. The number of aromatic nitrogens is 1. The van der Waals surface area contributed by atoms with E-state index in [2.05, 4.69) is 41.9 Å². The Hall–Kier alpha value is -2.33. The lowest BCUT2D eigenvalue weighted by Gasteiger charge is -2.33. The van der Waals surface area contributed by atoms with Crippen molar-refractivity contribution in [3.05, 3.63) is 72.0 Å². The first kappa shape index (κ1) is 17.1. The van der Waals surface area contributed by atoms with Crippen LogP contribution < -0.4 is 4.90 Å². The molecule has 1 radical (unpaired) electrons. The number of morpholine rings is 1. The fourth-order valence-electron chi connectivity index (χ4n) is 4.06. The number of benzene rings is 2. The fraction of sp³-hybridized carbons (Fsp3) is 0.318. The third kappa shape index (κ3) is 2.99. The van der Waals surface area contributed by atoms with Gasteiger partial charge in [-0.05, 0) is 48.2 Å². The molecule has 26 heavy (non-hydrogen) atoms. The molecule has 4 rings (SSSR count). The second-order valence-corrected chi connectivity index (χ2v) is 6.89. The lowest BCUT2D eigenvalue weighted by molar-refractivity contribution is 0.122. The molecule has 135 valence electrons. The zero-order valence-electron chi connectivity index (χ0n) is 15.1. The molecule has 1 unspecified atom stereocenters. The van der Waals surface area contributed by atoms with Gasteiger partial charge in [0.2, 0.25) is 0 Å². The number of anilines is 1. The molecule has 0 spiro atoms. The second kappa shape index (κ2) is 7.12. The topological polar surface area (TPSA) is 28.3 Å². The summed E-state index contributed by atoms with van der Waals surface area (Å²) in [4.78, 5) is 5.69. The maximum absolute atomic E-state index is 13.8. The van der Waals surface area contributed by atoms with E-state index < -0.39 is 0 Å². The van der Waals surface area contributed by atoms with E-state index in [1.807, 2.05) is 6.20 Å². The number of rotatable bonds is 4. The first-order chi connectivity index (χ1) is 12.7. The summed E-state index contributed by atoms with van der Waals surface area (Å²) in [7, 11) is 0. The van der Waals surface area contributed by atoms with Gasteiger partial charge in [-0.1, -0.05) is 25.1 Å². The number of ether oxygens (including phenoxy) is 1. The van der Waals surface area contributed by atoms with Gasteiger partial charge in [0.15, 0.2) is 0 Å². The maximum Gasteiger partial charge on any atom is 0.123 e. The van der Waals surface area contributed by atoms with Crippen LogP contribution in [0.1, 0.15) is 29.0 Å². The van der Waals surface area contributed by atoms with Gasteiger partial charge in [-0.15, -0.1) is 0 Å². The summed E-state index contributed by atoms with van der Waals surface area (Å²) < 4.78 is 19.4. The Morgan fingerprint density at radius 1 is 1.19 bits per heavy atom. The fourth-order valence-corrected chi connectivity index (χ4v) is 4.06. The molecule has 0 saturated carbocycles. The quantitative estimate of drug-likeness (QED) is 0.731. The Kier molecular flexibility index (Phi) is 4.68. The van der Waals surface area contributed by atoms with Crippen molar-refractivity contribution in [3.63, 3.8) is 0 Å². The highest BCUT2D eigenvalue weighted by atomic mass is 19.1. The number of nitrogens with zero attached hydrogens (tertiary/aromatic N) is 1. The lowest BCUT2D eigenvalue weighted by atomic mass is 9.86. The molecule has 0 amide bonds. The van der Waals surface area contributed by atoms with E-state index in [4.69, 9.17) is 4.74 Å². The van der Waals surface area contributed by atoms with Gasteiger partial charge in [-0.25, -0.2) is 4.39 Å². The Bertz CT molecular complexity index is 912. The molecule has 1 aliphatic heterocycles. The van der Waals surface area contributed by atoms with Gasteiger partial charge >= 0.3 is 0 Å². The van der Waals surface area contributed by atoms with Crippen molar-refractivity contribution in [1.82, 2.24) is 4.98 Å². The average Bonchev–Trinajstić information content (AvgIpc) is 3.06. The van der Waals surface area contributed by atoms with Crippen LogP contribution in [0.5, 0.6) is 0 Å². The van der Waals surface area contributed by atoms with Crippen molar-refractivity contribution in [2.45, 2.75) is 19.3 Å². The Morgan fingerprint density at radius 3 is 2.77 bits per heavy atom. The maximum atomic E-state index is 13.8. The van der Waals surface area contributed by atoms with E-state index in [0.29, 0.717) is 6.42 Å². The molecule has 1 aliphatic rings. The number of halogens is 1. The molecule has 1 fully saturated rings. The highest BCUT2D eigenvalue weighted by Gasteiger charge is 2.24. The number of nitrogens with one attached hydrogen (secondary N) is 1.